The van der Waals surface area contributed by atoms with Crippen molar-refractivity contribution in [1.82, 2.24) is 5.32 Å². The minimum atomic E-state index is -0.346. The van der Waals surface area contributed by atoms with Crippen LogP contribution in [0.5, 0.6) is 0 Å². The minimum Gasteiger partial charge on any atom is -0.399 e. The van der Waals surface area contributed by atoms with Gasteiger partial charge in [0.25, 0.3) is 11.1 Å². The second-order valence-corrected chi connectivity index (χ2v) is 4.03. The standard InChI is InChI=1S/C10H8N2O2S/c11-7-3-1-6(2-4-7)5-8-9(13)12-10(14)15-8/h1-5H,11H2,(H,12,13,14)/b8-5-. The van der Waals surface area contributed by atoms with E-state index in [4.69, 9.17) is 5.73 Å². The first-order valence-corrected chi connectivity index (χ1v) is 5.07. The molecule has 1 aromatic rings. The molecule has 0 radical (unpaired) electrons. The molecule has 15 heavy (non-hydrogen) atoms. The van der Waals surface area contributed by atoms with Crippen LogP contribution < -0.4 is 11.1 Å². The normalized spacial score (nSPS) is 18.3. The zero-order valence-electron chi connectivity index (χ0n) is 7.69. The smallest absolute Gasteiger partial charge is 0.290 e. The Morgan fingerprint density at radius 3 is 2.40 bits per heavy atom. The van der Waals surface area contributed by atoms with Crippen molar-refractivity contribution in [3.63, 3.8) is 0 Å². The molecule has 2 rings (SSSR count). The molecule has 0 unspecified atom stereocenters. The van der Waals surface area contributed by atoms with Crippen molar-refractivity contribution in [1.29, 1.82) is 0 Å². The molecule has 0 spiro atoms. The van der Waals surface area contributed by atoms with Gasteiger partial charge in [-0.25, -0.2) is 0 Å². The molecule has 3 N–H and O–H groups in total. The lowest BCUT2D eigenvalue weighted by molar-refractivity contribution is -0.115. The summed E-state index contributed by atoms with van der Waals surface area (Å²) in [6.45, 7) is 0. The minimum absolute atomic E-state index is 0.332. The molecular weight excluding hydrogens is 212 g/mol. The number of hydrogen-bond acceptors (Lipinski definition) is 4. The van der Waals surface area contributed by atoms with Gasteiger partial charge in [-0.05, 0) is 35.5 Å². The fraction of sp³-hybridized carbons (Fsp3) is 0. The molecule has 1 fully saturated rings. The average Bonchev–Trinajstić information content (AvgIpc) is 2.49. The lowest BCUT2D eigenvalue weighted by Gasteiger charge is -1.95. The number of rotatable bonds is 1. The van der Waals surface area contributed by atoms with Crippen molar-refractivity contribution < 1.29 is 9.59 Å². The van der Waals surface area contributed by atoms with E-state index in [1.54, 1.807) is 30.3 Å². The van der Waals surface area contributed by atoms with Crippen LogP contribution in [-0.2, 0) is 4.79 Å². The van der Waals surface area contributed by atoms with Gasteiger partial charge in [0, 0.05) is 5.69 Å². The van der Waals surface area contributed by atoms with Gasteiger partial charge >= 0.3 is 0 Å². The van der Waals surface area contributed by atoms with Crippen molar-refractivity contribution in [2.75, 3.05) is 5.73 Å². The molecule has 1 aliphatic rings. The Hall–Kier alpha value is -1.75. The van der Waals surface area contributed by atoms with E-state index in [-0.39, 0.29) is 11.1 Å². The van der Waals surface area contributed by atoms with Crippen LogP contribution >= 0.6 is 11.8 Å². The molecular formula is C10H8N2O2S. The number of hydrogen-bond donors (Lipinski definition) is 2. The third kappa shape index (κ3) is 2.19. The van der Waals surface area contributed by atoms with E-state index in [9.17, 15) is 9.59 Å². The van der Waals surface area contributed by atoms with Crippen molar-refractivity contribution in [3.8, 4) is 0 Å². The van der Waals surface area contributed by atoms with Crippen LogP contribution in [0.3, 0.4) is 0 Å². The lowest BCUT2D eigenvalue weighted by atomic mass is 10.2. The molecule has 0 saturated carbocycles. The quantitative estimate of drug-likeness (QED) is 0.557. The third-order valence-electron chi connectivity index (χ3n) is 1.88. The SMILES string of the molecule is Nc1ccc(/C=C2\SC(=O)NC2=O)cc1. The van der Waals surface area contributed by atoms with Crippen LogP contribution in [0.1, 0.15) is 5.56 Å². The molecule has 4 nitrogen and oxygen atoms in total. The fourth-order valence-corrected chi connectivity index (χ4v) is 1.85. The van der Waals surface area contributed by atoms with Crippen LogP contribution in [0.2, 0.25) is 0 Å². The van der Waals surface area contributed by atoms with Crippen molar-refractivity contribution in [2.24, 2.45) is 0 Å². The molecule has 5 heteroatoms. The number of amides is 2. The highest BCUT2D eigenvalue weighted by Crippen LogP contribution is 2.25. The highest BCUT2D eigenvalue weighted by Gasteiger charge is 2.24. The van der Waals surface area contributed by atoms with Gasteiger partial charge < -0.3 is 5.73 Å². The number of nitrogens with two attached hydrogens (primary N) is 1. The maximum absolute atomic E-state index is 11.2. The molecule has 0 atom stereocenters. The van der Waals surface area contributed by atoms with Gasteiger partial charge in [-0.15, -0.1) is 0 Å². The highest BCUT2D eigenvalue weighted by molar-refractivity contribution is 8.18. The van der Waals surface area contributed by atoms with E-state index in [0.717, 1.165) is 17.3 Å². The Bertz CT molecular complexity index is 451. The largest absolute Gasteiger partial charge is 0.399 e. The maximum atomic E-state index is 11.2. The molecule has 0 aliphatic carbocycles. The van der Waals surface area contributed by atoms with Gasteiger partial charge in [0.1, 0.15) is 0 Å². The molecule has 1 aromatic carbocycles. The number of carbonyl (C=O) groups excluding carboxylic acids is 2. The topological polar surface area (TPSA) is 72.2 Å². The van der Waals surface area contributed by atoms with E-state index >= 15 is 0 Å². The van der Waals surface area contributed by atoms with E-state index in [2.05, 4.69) is 5.32 Å². The van der Waals surface area contributed by atoms with Crippen LogP contribution in [0.4, 0.5) is 10.5 Å². The summed E-state index contributed by atoms with van der Waals surface area (Å²) >= 11 is 0.903. The molecule has 1 aliphatic heterocycles. The summed E-state index contributed by atoms with van der Waals surface area (Å²) in [6.07, 6.45) is 1.66. The number of carbonyl (C=O) groups is 2. The zero-order valence-corrected chi connectivity index (χ0v) is 8.51. The second-order valence-electron chi connectivity index (χ2n) is 3.02. The van der Waals surface area contributed by atoms with E-state index in [1.165, 1.54) is 0 Å². The molecule has 1 saturated heterocycles. The summed E-state index contributed by atoms with van der Waals surface area (Å²) in [5.74, 6) is -0.346. The summed E-state index contributed by atoms with van der Waals surface area (Å²) in [7, 11) is 0. The summed E-state index contributed by atoms with van der Waals surface area (Å²) in [6, 6.07) is 7.06. The summed E-state index contributed by atoms with van der Waals surface area (Å²) in [4.78, 5) is 22.5. The van der Waals surface area contributed by atoms with E-state index < -0.39 is 0 Å². The first-order chi connectivity index (χ1) is 7.15. The van der Waals surface area contributed by atoms with Crippen LogP contribution in [-0.4, -0.2) is 11.1 Å². The van der Waals surface area contributed by atoms with Gasteiger partial charge in [0.2, 0.25) is 0 Å². The number of imide groups is 1. The number of thioether (sulfide) groups is 1. The first kappa shape index (κ1) is 9.79. The fourth-order valence-electron chi connectivity index (χ4n) is 1.16. The molecule has 0 aromatic heterocycles. The van der Waals surface area contributed by atoms with E-state index in [1.807, 2.05) is 0 Å². The average molecular weight is 220 g/mol. The molecule has 76 valence electrons. The van der Waals surface area contributed by atoms with Gasteiger partial charge in [-0.1, -0.05) is 12.1 Å². The van der Waals surface area contributed by atoms with E-state index in [0.29, 0.717) is 10.6 Å². The maximum Gasteiger partial charge on any atom is 0.290 e. The molecule has 2 amide bonds. The Morgan fingerprint density at radius 1 is 1.20 bits per heavy atom. The highest BCUT2D eigenvalue weighted by atomic mass is 32.2. The van der Waals surface area contributed by atoms with Gasteiger partial charge in [-0.2, -0.15) is 0 Å². The predicted molar refractivity (Wildman–Crippen MR) is 60.0 cm³/mol. The van der Waals surface area contributed by atoms with Gasteiger partial charge in [0.05, 0.1) is 4.91 Å². The van der Waals surface area contributed by atoms with Crippen LogP contribution in [0.15, 0.2) is 29.2 Å². The third-order valence-corrected chi connectivity index (χ3v) is 2.69. The predicted octanol–water partition coefficient (Wildman–Crippen LogP) is 1.59. The van der Waals surface area contributed by atoms with Crippen molar-refractivity contribution in [3.05, 3.63) is 34.7 Å². The first-order valence-electron chi connectivity index (χ1n) is 4.25. The summed E-state index contributed by atoms with van der Waals surface area (Å²) in [5.41, 5.74) is 7.03. The van der Waals surface area contributed by atoms with Crippen molar-refractivity contribution in [2.45, 2.75) is 0 Å². The summed E-state index contributed by atoms with van der Waals surface area (Å²) in [5, 5.41) is 1.86. The summed E-state index contributed by atoms with van der Waals surface area (Å²) < 4.78 is 0. The molecule has 1 heterocycles. The Morgan fingerprint density at radius 2 is 1.87 bits per heavy atom. The number of nitrogen functional groups attached to an aromatic ring is 1. The number of nitrogens with one attached hydrogen (secondary N) is 1. The van der Waals surface area contributed by atoms with Crippen LogP contribution in [0, 0.1) is 0 Å². The Balaban J connectivity index is 2.27. The zero-order chi connectivity index (χ0) is 10.8. The Labute approximate surface area is 90.5 Å². The second kappa shape index (κ2) is 3.78. The monoisotopic (exact) mass is 220 g/mol. The number of benzene rings is 1. The van der Waals surface area contributed by atoms with Gasteiger partial charge in [-0.3, -0.25) is 14.9 Å². The Kier molecular flexibility index (Phi) is 2.47. The van der Waals surface area contributed by atoms with Gasteiger partial charge in [0.15, 0.2) is 0 Å². The lowest BCUT2D eigenvalue weighted by Crippen LogP contribution is -2.17. The molecule has 0 bridgehead atoms. The number of anilines is 1. The van der Waals surface area contributed by atoms with Crippen LogP contribution in [0.25, 0.3) is 6.08 Å². The van der Waals surface area contributed by atoms with Crippen molar-refractivity contribution >= 4 is 34.7 Å².